The lowest BCUT2D eigenvalue weighted by Gasteiger charge is -2.59. The molecular weight excluding hydrogens is 424 g/mol. The summed E-state index contributed by atoms with van der Waals surface area (Å²) in [7, 11) is 0. The Hall–Kier alpha value is -0.770. The summed E-state index contributed by atoms with van der Waals surface area (Å²) in [5.74, 6) is 5.04. The summed E-state index contributed by atoms with van der Waals surface area (Å²) < 4.78 is 17.4. The molecule has 0 amide bonds. The van der Waals surface area contributed by atoms with Gasteiger partial charge < -0.3 is 14.2 Å². The van der Waals surface area contributed by atoms with Gasteiger partial charge in [-0.05, 0) is 92.8 Å². The quantitative estimate of drug-likeness (QED) is 0.279. The van der Waals surface area contributed by atoms with Crippen molar-refractivity contribution in [2.24, 2.45) is 46.3 Å². The van der Waals surface area contributed by atoms with Crippen molar-refractivity contribution in [3.63, 3.8) is 0 Å². The van der Waals surface area contributed by atoms with Gasteiger partial charge in [0.15, 0.2) is 0 Å². The molecule has 0 N–H and O–H groups in total. The molecule has 5 aliphatic rings. The van der Waals surface area contributed by atoms with Crippen molar-refractivity contribution in [3.8, 4) is 0 Å². The third-order valence-corrected chi connectivity index (χ3v) is 11.8. The van der Waals surface area contributed by atoms with Gasteiger partial charge in [-0.1, -0.05) is 53.9 Å². The van der Waals surface area contributed by atoms with Gasteiger partial charge in [-0.25, -0.2) is 4.79 Å². The maximum absolute atomic E-state index is 12.0. The second-order valence-corrected chi connectivity index (χ2v) is 13.7. The normalized spacial score (nSPS) is 47.7. The van der Waals surface area contributed by atoms with Crippen LogP contribution in [0.3, 0.4) is 0 Å². The molecule has 194 valence electrons. The van der Waals surface area contributed by atoms with E-state index in [-0.39, 0.29) is 17.1 Å². The molecule has 4 heteroatoms. The fraction of sp³-hybridized carbons (Fsp3) is 0.967. The number of rotatable bonds is 7. The summed E-state index contributed by atoms with van der Waals surface area (Å²) in [6, 6.07) is 0. The predicted octanol–water partition coefficient (Wildman–Crippen LogP) is 7.78. The van der Waals surface area contributed by atoms with Crippen LogP contribution in [0.25, 0.3) is 0 Å². The minimum absolute atomic E-state index is 0.0509. The zero-order valence-electron chi connectivity index (χ0n) is 22.7. The highest BCUT2D eigenvalue weighted by molar-refractivity contribution is 5.60. The van der Waals surface area contributed by atoms with Crippen molar-refractivity contribution >= 4 is 6.16 Å². The number of fused-ring (bicyclic) bond motifs is 4. The van der Waals surface area contributed by atoms with E-state index in [2.05, 4.69) is 34.6 Å². The van der Waals surface area contributed by atoms with E-state index in [1.165, 1.54) is 51.4 Å². The zero-order chi connectivity index (χ0) is 24.3. The molecule has 5 rings (SSSR count). The number of carbonyl (C=O) groups excluding carboxylic acids is 1. The Labute approximate surface area is 208 Å². The zero-order valence-corrected chi connectivity index (χ0v) is 22.7. The SMILES string of the molecule is CCOC(=O)O[C@H]1CC[C@]2(C)[C@H]3CC[C@]4(C)[C@@H]([C@H](C)CCCC(C)C)CC[C@H]4[C@@H]3C[C@@H]3OC32C1. The van der Waals surface area contributed by atoms with Crippen molar-refractivity contribution in [2.75, 3.05) is 6.61 Å². The minimum Gasteiger partial charge on any atom is -0.435 e. The molecule has 1 aliphatic heterocycles. The van der Waals surface area contributed by atoms with E-state index in [1.807, 2.05) is 6.92 Å². The molecule has 0 radical (unpaired) electrons. The molecule has 1 saturated heterocycles. The molecule has 0 aromatic rings. The summed E-state index contributed by atoms with van der Waals surface area (Å²) in [4.78, 5) is 12.0. The molecule has 1 unspecified atom stereocenters. The van der Waals surface area contributed by atoms with E-state index in [9.17, 15) is 4.79 Å². The Kier molecular flexibility index (Phi) is 6.56. The van der Waals surface area contributed by atoms with E-state index in [0.717, 1.165) is 54.8 Å². The molecule has 5 fully saturated rings. The average molecular weight is 475 g/mol. The first kappa shape index (κ1) is 24.9. The van der Waals surface area contributed by atoms with E-state index in [0.29, 0.717) is 18.1 Å². The van der Waals surface area contributed by atoms with Gasteiger partial charge in [-0.3, -0.25) is 0 Å². The monoisotopic (exact) mass is 474 g/mol. The maximum atomic E-state index is 12.0. The van der Waals surface area contributed by atoms with Crippen molar-refractivity contribution in [2.45, 2.75) is 130 Å². The smallest absolute Gasteiger partial charge is 0.435 e. The lowest BCUT2D eigenvalue weighted by molar-refractivity contribution is -0.120. The molecule has 34 heavy (non-hydrogen) atoms. The van der Waals surface area contributed by atoms with Crippen LogP contribution in [-0.4, -0.2) is 30.6 Å². The van der Waals surface area contributed by atoms with Crippen LogP contribution in [0.5, 0.6) is 0 Å². The molecular formula is C30H50O4. The largest absolute Gasteiger partial charge is 0.508 e. The average Bonchev–Trinajstić information content (AvgIpc) is 3.34. The summed E-state index contributed by atoms with van der Waals surface area (Å²) in [6.45, 7) is 14.7. The van der Waals surface area contributed by atoms with Crippen LogP contribution in [0.4, 0.5) is 4.79 Å². The van der Waals surface area contributed by atoms with E-state index >= 15 is 0 Å². The first-order chi connectivity index (χ1) is 16.1. The highest BCUT2D eigenvalue weighted by Gasteiger charge is 2.76. The van der Waals surface area contributed by atoms with Crippen molar-refractivity contribution in [1.82, 2.24) is 0 Å². The molecule has 1 spiro atoms. The van der Waals surface area contributed by atoms with Crippen LogP contribution in [0, 0.1) is 46.3 Å². The van der Waals surface area contributed by atoms with Crippen molar-refractivity contribution in [1.29, 1.82) is 0 Å². The molecule has 0 aromatic heterocycles. The predicted molar refractivity (Wildman–Crippen MR) is 134 cm³/mol. The first-order valence-electron chi connectivity index (χ1n) is 14.7. The highest BCUT2D eigenvalue weighted by atomic mass is 16.7. The van der Waals surface area contributed by atoms with Gasteiger partial charge in [0, 0.05) is 11.8 Å². The van der Waals surface area contributed by atoms with Gasteiger partial charge in [0.1, 0.15) is 11.7 Å². The summed E-state index contributed by atoms with van der Waals surface area (Å²) >= 11 is 0. The third kappa shape index (κ3) is 3.84. The topological polar surface area (TPSA) is 48.1 Å². The molecule has 10 atom stereocenters. The summed E-state index contributed by atoms with van der Waals surface area (Å²) in [5, 5.41) is 0. The number of hydrogen-bond acceptors (Lipinski definition) is 4. The standard InChI is InChI=1S/C30H50O4/c1-7-32-27(31)33-21-13-16-29(6)25-14-15-28(5)23(20(4)10-8-9-19(2)3)11-12-24(28)22(25)17-26-30(29,18-21)34-26/h19-26H,7-18H2,1-6H3/t20-,21+,22+,23-,24+,25+,26+,28-,29-,30?/m1/s1. The minimum atomic E-state index is -0.508. The number of carbonyl (C=O) groups is 1. The van der Waals surface area contributed by atoms with Gasteiger partial charge in [-0.15, -0.1) is 0 Å². The number of hydrogen-bond donors (Lipinski definition) is 0. The molecule has 0 bridgehead atoms. The fourth-order valence-corrected chi connectivity index (χ4v) is 10.1. The van der Waals surface area contributed by atoms with Crippen molar-refractivity contribution in [3.05, 3.63) is 0 Å². The second kappa shape index (κ2) is 8.96. The Morgan fingerprint density at radius 3 is 2.56 bits per heavy atom. The molecule has 4 saturated carbocycles. The first-order valence-corrected chi connectivity index (χ1v) is 14.7. The Bertz CT molecular complexity index is 765. The van der Waals surface area contributed by atoms with Crippen molar-refractivity contribution < 1.29 is 19.0 Å². The third-order valence-electron chi connectivity index (χ3n) is 11.8. The molecule has 1 heterocycles. The second-order valence-electron chi connectivity index (χ2n) is 13.7. The van der Waals surface area contributed by atoms with Crippen LogP contribution < -0.4 is 0 Å². The van der Waals surface area contributed by atoms with E-state index in [4.69, 9.17) is 14.2 Å². The van der Waals surface area contributed by atoms with Gasteiger partial charge in [0.2, 0.25) is 0 Å². The highest BCUT2D eigenvalue weighted by Crippen LogP contribution is 2.74. The number of ether oxygens (including phenoxy) is 3. The molecule has 4 aliphatic carbocycles. The Morgan fingerprint density at radius 2 is 1.82 bits per heavy atom. The lowest BCUT2D eigenvalue weighted by Crippen LogP contribution is -2.59. The molecule has 4 nitrogen and oxygen atoms in total. The lowest BCUT2D eigenvalue weighted by atomic mass is 9.44. The fourth-order valence-electron chi connectivity index (χ4n) is 10.1. The van der Waals surface area contributed by atoms with Gasteiger partial charge in [0.25, 0.3) is 0 Å². The van der Waals surface area contributed by atoms with Gasteiger partial charge >= 0.3 is 6.16 Å². The van der Waals surface area contributed by atoms with E-state index < -0.39 is 6.16 Å². The Balaban J connectivity index is 1.27. The van der Waals surface area contributed by atoms with Crippen LogP contribution in [0.2, 0.25) is 0 Å². The van der Waals surface area contributed by atoms with Crippen LogP contribution >= 0.6 is 0 Å². The maximum Gasteiger partial charge on any atom is 0.508 e. The number of epoxide rings is 1. The van der Waals surface area contributed by atoms with Crippen LogP contribution in [-0.2, 0) is 14.2 Å². The van der Waals surface area contributed by atoms with Gasteiger partial charge in [0.05, 0.1) is 12.7 Å². The Morgan fingerprint density at radius 1 is 1.03 bits per heavy atom. The molecule has 0 aromatic carbocycles. The van der Waals surface area contributed by atoms with Gasteiger partial charge in [-0.2, -0.15) is 0 Å². The van der Waals surface area contributed by atoms with Crippen LogP contribution in [0.1, 0.15) is 112 Å². The summed E-state index contributed by atoms with van der Waals surface area (Å²) in [6.07, 6.45) is 13.8. The summed E-state index contributed by atoms with van der Waals surface area (Å²) in [5.41, 5.74) is 0.699. The van der Waals surface area contributed by atoms with Crippen LogP contribution in [0.15, 0.2) is 0 Å². The van der Waals surface area contributed by atoms with E-state index in [1.54, 1.807) is 0 Å².